The summed E-state index contributed by atoms with van der Waals surface area (Å²) < 4.78 is 9.35. The number of carbonyl (C=O) groups is 5. The van der Waals surface area contributed by atoms with Crippen LogP contribution in [-0.2, 0) is 57.8 Å². The van der Waals surface area contributed by atoms with E-state index in [1.54, 1.807) is 34.3 Å². The molecule has 0 aliphatic heterocycles. The summed E-state index contributed by atoms with van der Waals surface area (Å²) in [5.41, 5.74) is 0.606. The average molecular weight is 752 g/mol. The van der Waals surface area contributed by atoms with E-state index in [-0.39, 0.29) is 83.3 Å². The molecule has 15 nitrogen and oxygen atoms in total. The molecule has 0 spiro atoms. The van der Waals surface area contributed by atoms with Crippen molar-refractivity contribution in [1.29, 1.82) is 0 Å². The minimum absolute atomic E-state index is 0. The monoisotopic (exact) mass is 751 g/mol. The smallest absolute Gasteiger partial charge is 0.460 e. The molecule has 3 aromatic rings. The Labute approximate surface area is 251 Å². The molecule has 0 bridgehead atoms. The molecule has 0 aliphatic rings. The first-order valence-electron chi connectivity index (χ1n) is 12.4. The summed E-state index contributed by atoms with van der Waals surface area (Å²) in [4.78, 5) is 69.5. The predicted octanol–water partition coefficient (Wildman–Crippen LogP) is 1.23. The van der Waals surface area contributed by atoms with Crippen LogP contribution < -0.4 is 21.3 Å². The number of carbonyl (C=O) groups excluding carboxylic acids is 5. The predicted molar refractivity (Wildman–Crippen MR) is 145 cm³/mol. The van der Waals surface area contributed by atoms with Crippen LogP contribution >= 0.6 is 0 Å². The van der Waals surface area contributed by atoms with Crippen molar-refractivity contribution in [2.75, 3.05) is 29.1 Å². The van der Waals surface area contributed by atoms with Crippen molar-refractivity contribution in [3.05, 3.63) is 48.9 Å². The summed E-state index contributed by atoms with van der Waals surface area (Å²) in [5.74, 6) is -1.71. The molecule has 4 N–H and O–H groups in total. The van der Waals surface area contributed by atoms with E-state index in [4.69, 9.17) is 4.74 Å². The van der Waals surface area contributed by atoms with Crippen LogP contribution in [0.1, 0.15) is 57.9 Å². The van der Waals surface area contributed by atoms with Crippen molar-refractivity contribution in [3.8, 4) is 0 Å². The molecule has 0 radical (unpaired) electrons. The Hall–Kier alpha value is -4.21. The SMILES string of the molecule is [Au+].[CH2-]CCC(=O)Nc1cn(C)c(C(=O)Nc2cc(C(=O)NCCC(=O)Nc3cn(C)c(C(=O)OCC)n3)n(C)c2)n1. The number of aryl methyl sites for hydroxylation is 3. The fraction of sp³-hybridized carbons (Fsp3) is 0.360. The van der Waals surface area contributed by atoms with Gasteiger partial charge in [-0.2, -0.15) is 6.42 Å². The minimum atomic E-state index is -0.602. The molecule has 0 fully saturated rings. The maximum atomic E-state index is 12.7. The fourth-order valence-electron chi connectivity index (χ4n) is 3.65. The molecule has 3 aromatic heterocycles. The van der Waals surface area contributed by atoms with Crippen LogP contribution in [0.5, 0.6) is 0 Å². The summed E-state index contributed by atoms with van der Waals surface area (Å²) in [6.07, 6.45) is 5.19. The Balaban J connectivity index is 0.00000588. The third-order valence-corrected chi connectivity index (χ3v) is 5.49. The number of nitrogens with one attached hydrogen (secondary N) is 4. The van der Waals surface area contributed by atoms with E-state index in [2.05, 4.69) is 38.2 Å². The number of hydrogen-bond acceptors (Lipinski definition) is 8. The van der Waals surface area contributed by atoms with Crippen molar-refractivity contribution < 1.29 is 51.1 Å². The molecule has 224 valence electrons. The number of ether oxygens (including phenoxy) is 1. The zero-order valence-electron chi connectivity index (χ0n) is 23.0. The molecule has 4 amide bonds. The first-order chi connectivity index (χ1) is 19.0. The van der Waals surface area contributed by atoms with E-state index >= 15 is 0 Å². The van der Waals surface area contributed by atoms with Gasteiger partial charge in [-0.1, -0.05) is 0 Å². The topological polar surface area (TPSA) is 183 Å². The van der Waals surface area contributed by atoms with Crippen LogP contribution in [-0.4, -0.2) is 66.4 Å². The average Bonchev–Trinajstić information content (AvgIpc) is 3.55. The molecule has 0 saturated carbocycles. The van der Waals surface area contributed by atoms with Crippen LogP contribution in [0.15, 0.2) is 24.7 Å². The summed E-state index contributed by atoms with van der Waals surface area (Å²) >= 11 is 0. The molecular formula is C25H32AuN9O6. The maximum absolute atomic E-state index is 12.7. The number of nitrogens with zero attached hydrogens (tertiary/aromatic N) is 5. The third kappa shape index (κ3) is 8.89. The molecule has 3 rings (SSSR count). The van der Waals surface area contributed by atoms with Gasteiger partial charge >= 0.3 is 28.3 Å². The third-order valence-electron chi connectivity index (χ3n) is 5.49. The van der Waals surface area contributed by atoms with Gasteiger partial charge in [-0.05, 0) is 19.4 Å². The number of anilines is 3. The molecule has 0 aliphatic carbocycles. The largest absolute Gasteiger partial charge is 1.00 e. The van der Waals surface area contributed by atoms with Gasteiger partial charge in [-0.15, -0.1) is 0 Å². The van der Waals surface area contributed by atoms with Crippen LogP contribution in [0.3, 0.4) is 0 Å². The molecule has 41 heavy (non-hydrogen) atoms. The second-order valence-electron chi connectivity index (χ2n) is 8.73. The van der Waals surface area contributed by atoms with Gasteiger partial charge in [0.15, 0.2) is 11.6 Å². The van der Waals surface area contributed by atoms with E-state index in [9.17, 15) is 24.0 Å². The standard InChI is InChI=1S/C25H32N9O6.Au/c1-6-8-19(35)28-17-13-33(4)21(30-17)24(38)27-15-11-16(32(3)12-15)23(37)26-10-9-20(36)29-18-14-34(5)22(31-18)25(39)40-7-2;/h11-14H,1,6-10H2,2-5H3,(H,26,37)(H,27,38)(H,28,35)(H,29,36);/q-1;+1. The summed E-state index contributed by atoms with van der Waals surface area (Å²) in [7, 11) is 4.86. The Morgan fingerprint density at radius 1 is 0.829 bits per heavy atom. The quantitative estimate of drug-likeness (QED) is 0.121. The van der Waals surface area contributed by atoms with Crippen molar-refractivity contribution in [2.24, 2.45) is 21.1 Å². The van der Waals surface area contributed by atoms with Crippen LogP contribution in [0.4, 0.5) is 17.3 Å². The van der Waals surface area contributed by atoms with Crippen LogP contribution in [0.25, 0.3) is 0 Å². The van der Waals surface area contributed by atoms with E-state index in [0.29, 0.717) is 12.1 Å². The number of esters is 1. The summed E-state index contributed by atoms with van der Waals surface area (Å²) in [6, 6.07) is 1.48. The number of amides is 4. The molecular weight excluding hydrogens is 719 g/mol. The zero-order valence-corrected chi connectivity index (χ0v) is 25.2. The molecule has 0 aromatic carbocycles. The summed E-state index contributed by atoms with van der Waals surface area (Å²) in [6.45, 7) is 5.54. The van der Waals surface area contributed by atoms with Gasteiger partial charge in [-0.25, -0.2) is 14.8 Å². The Kier molecular flexibility index (Phi) is 12.1. The molecule has 0 atom stereocenters. The maximum Gasteiger partial charge on any atom is 1.00 e. The van der Waals surface area contributed by atoms with Gasteiger partial charge < -0.3 is 46.6 Å². The Morgan fingerprint density at radius 3 is 2.02 bits per heavy atom. The van der Waals surface area contributed by atoms with Crippen LogP contribution in [0.2, 0.25) is 0 Å². The number of aromatic nitrogens is 5. The van der Waals surface area contributed by atoms with Gasteiger partial charge in [0.1, 0.15) is 5.69 Å². The van der Waals surface area contributed by atoms with E-state index in [1.165, 1.54) is 32.2 Å². The van der Waals surface area contributed by atoms with Crippen molar-refractivity contribution >= 4 is 46.9 Å². The molecule has 16 heteroatoms. The van der Waals surface area contributed by atoms with Crippen molar-refractivity contribution in [2.45, 2.75) is 26.2 Å². The molecule has 0 saturated heterocycles. The Bertz CT molecular complexity index is 1420. The van der Waals surface area contributed by atoms with Gasteiger partial charge in [0.25, 0.3) is 11.8 Å². The first kappa shape index (κ1) is 33.0. The van der Waals surface area contributed by atoms with Gasteiger partial charge in [0, 0.05) is 52.7 Å². The van der Waals surface area contributed by atoms with E-state index in [1.807, 2.05) is 0 Å². The number of hydrogen-bond donors (Lipinski definition) is 4. The minimum Gasteiger partial charge on any atom is -0.460 e. The molecule has 0 unspecified atom stereocenters. The molecule has 3 heterocycles. The normalized spacial score (nSPS) is 10.4. The van der Waals surface area contributed by atoms with Crippen molar-refractivity contribution in [3.63, 3.8) is 0 Å². The van der Waals surface area contributed by atoms with Gasteiger partial charge in [0.2, 0.25) is 23.5 Å². The van der Waals surface area contributed by atoms with Crippen molar-refractivity contribution in [1.82, 2.24) is 29.0 Å². The van der Waals surface area contributed by atoms with E-state index in [0.717, 1.165) is 0 Å². The van der Waals surface area contributed by atoms with Crippen LogP contribution in [0, 0.1) is 6.92 Å². The van der Waals surface area contributed by atoms with Gasteiger partial charge in [-0.3, -0.25) is 19.2 Å². The fourth-order valence-corrected chi connectivity index (χ4v) is 3.65. The number of imidazole rings is 2. The second-order valence-corrected chi connectivity index (χ2v) is 8.73. The number of rotatable bonds is 12. The van der Waals surface area contributed by atoms with E-state index < -0.39 is 23.7 Å². The Morgan fingerprint density at radius 2 is 1.41 bits per heavy atom. The summed E-state index contributed by atoms with van der Waals surface area (Å²) in [5, 5.41) is 10.5. The first-order valence-corrected chi connectivity index (χ1v) is 12.4. The zero-order chi connectivity index (χ0) is 29.4. The van der Waals surface area contributed by atoms with Gasteiger partial charge in [0.05, 0.1) is 12.3 Å². The second kappa shape index (κ2) is 15.0.